The summed E-state index contributed by atoms with van der Waals surface area (Å²) in [6.07, 6.45) is 3.09. The topological polar surface area (TPSA) is 77.6 Å². The highest BCUT2D eigenvalue weighted by molar-refractivity contribution is 5.88. The summed E-state index contributed by atoms with van der Waals surface area (Å²) in [6.45, 7) is 8.81. The largest absolute Gasteiger partial charge is 0.367 e. The zero-order chi connectivity index (χ0) is 19.9. The summed E-state index contributed by atoms with van der Waals surface area (Å²) in [4.78, 5) is 32.0. The van der Waals surface area contributed by atoms with E-state index < -0.39 is 0 Å². The molecule has 3 rings (SSSR count). The SMILES string of the molecule is C=CC(=O)N1CCN(c2ccc(NC(=O)NCc3ccc(C)cc3)nc2)CC1. The molecule has 3 amide bonds. The highest BCUT2D eigenvalue weighted by atomic mass is 16.2. The first-order chi connectivity index (χ1) is 13.5. The summed E-state index contributed by atoms with van der Waals surface area (Å²) < 4.78 is 0. The smallest absolute Gasteiger partial charge is 0.320 e. The van der Waals surface area contributed by atoms with Gasteiger partial charge in [0, 0.05) is 32.7 Å². The lowest BCUT2D eigenvalue weighted by Crippen LogP contribution is -2.48. The van der Waals surface area contributed by atoms with Gasteiger partial charge in [-0.15, -0.1) is 0 Å². The van der Waals surface area contributed by atoms with E-state index >= 15 is 0 Å². The number of aryl methyl sites for hydroxylation is 1. The number of hydrogen-bond acceptors (Lipinski definition) is 4. The third-order valence-corrected chi connectivity index (χ3v) is 4.69. The van der Waals surface area contributed by atoms with E-state index in [2.05, 4.69) is 27.1 Å². The van der Waals surface area contributed by atoms with Gasteiger partial charge in [0.05, 0.1) is 11.9 Å². The molecule has 146 valence electrons. The fraction of sp³-hybridized carbons (Fsp3) is 0.286. The molecule has 0 radical (unpaired) electrons. The molecule has 1 aliphatic rings. The lowest BCUT2D eigenvalue weighted by Gasteiger charge is -2.35. The normalized spacial score (nSPS) is 13.8. The van der Waals surface area contributed by atoms with Gasteiger partial charge in [-0.1, -0.05) is 36.4 Å². The van der Waals surface area contributed by atoms with Crippen molar-refractivity contribution in [2.75, 3.05) is 36.4 Å². The lowest BCUT2D eigenvalue weighted by molar-refractivity contribution is -0.126. The molecule has 0 bridgehead atoms. The van der Waals surface area contributed by atoms with Crippen LogP contribution in [0.15, 0.2) is 55.3 Å². The Labute approximate surface area is 165 Å². The Kier molecular flexibility index (Phi) is 6.26. The van der Waals surface area contributed by atoms with Crippen molar-refractivity contribution in [1.82, 2.24) is 15.2 Å². The van der Waals surface area contributed by atoms with Gasteiger partial charge >= 0.3 is 6.03 Å². The summed E-state index contributed by atoms with van der Waals surface area (Å²) in [7, 11) is 0. The molecular weight excluding hydrogens is 354 g/mol. The number of rotatable bonds is 5. The first kappa shape index (κ1) is 19.4. The molecule has 1 saturated heterocycles. The standard InChI is InChI=1S/C21H25N5O2/c1-3-20(27)26-12-10-25(11-13-26)18-8-9-19(22-15-18)24-21(28)23-14-17-6-4-16(2)5-7-17/h3-9,15H,1,10-14H2,2H3,(H2,22,23,24,28). The second-order valence-electron chi connectivity index (χ2n) is 6.71. The Morgan fingerprint density at radius 1 is 1.11 bits per heavy atom. The Hall–Kier alpha value is -3.35. The highest BCUT2D eigenvalue weighted by Crippen LogP contribution is 2.17. The Morgan fingerprint density at radius 3 is 2.43 bits per heavy atom. The average Bonchev–Trinajstić information content (AvgIpc) is 2.73. The van der Waals surface area contributed by atoms with Crippen molar-refractivity contribution in [3.8, 4) is 0 Å². The molecule has 7 heteroatoms. The van der Waals surface area contributed by atoms with Gasteiger partial charge in [-0.25, -0.2) is 9.78 Å². The number of benzene rings is 1. The van der Waals surface area contributed by atoms with Crippen molar-refractivity contribution in [1.29, 1.82) is 0 Å². The maximum absolute atomic E-state index is 12.0. The van der Waals surface area contributed by atoms with Crippen LogP contribution < -0.4 is 15.5 Å². The molecule has 2 aromatic rings. The number of carbonyl (C=O) groups is 2. The van der Waals surface area contributed by atoms with Crippen LogP contribution in [0, 0.1) is 6.92 Å². The maximum atomic E-state index is 12.0. The summed E-state index contributed by atoms with van der Waals surface area (Å²) in [5.41, 5.74) is 3.20. The van der Waals surface area contributed by atoms with Crippen LogP contribution in [0.4, 0.5) is 16.3 Å². The van der Waals surface area contributed by atoms with Gasteiger partial charge in [0.1, 0.15) is 5.82 Å². The van der Waals surface area contributed by atoms with Crippen molar-refractivity contribution in [3.63, 3.8) is 0 Å². The number of carbonyl (C=O) groups excluding carboxylic acids is 2. The lowest BCUT2D eigenvalue weighted by atomic mass is 10.1. The minimum Gasteiger partial charge on any atom is -0.367 e. The van der Waals surface area contributed by atoms with Crippen LogP contribution in [0.3, 0.4) is 0 Å². The number of urea groups is 1. The second-order valence-corrected chi connectivity index (χ2v) is 6.71. The molecule has 0 atom stereocenters. The number of anilines is 2. The number of nitrogens with zero attached hydrogens (tertiary/aromatic N) is 3. The molecule has 0 spiro atoms. The van der Waals surface area contributed by atoms with Gasteiger partial charge in [0.2, 0.25) is 5.91 Å². The van der Waals surface area contributed by atoms with Gasteiger partial charge in [0.25, 0.3) is 0 Å². The Morgan fingerprint density at radius 2 is 1.82 bits per heavy atom. The van der Waals surface area contributed by atoms with Gasteiger partial charge in [-0.3, -0.25) is 10.1 Å². The third-order valence-electron chi connectivity index (χ3n) is 4.69. The Balaban J connectivity index is 1.47. The van der Waals surface area contributed by atoms with Crippen molar-refractivity contribution < 1.29 is 9.59 Å². The fourth-order valence-electron chi connectivity index (χ4n) is 3.01. The molecule has 1 fully saturated rings. The van der Waals surface area contributed by atoms with E-state index in [-0.39, 0.29) is 11.9 Å². The van der Waals surface area contributed by atoms with Crippen LogP contribution in [0.5, 0.6) is 0 Å². The number of nitrogens with one attached hydrogen (secondary N) is 2. The maximum Gasteiger partial charge on any atom is 0.320 e. The van der Waals surface area contributed by atoms with Crippen molar-refractivity contribution in [2.45, 2.75) is 13.5 Å². The van der Waals surface area contributed by atoms with E-state index in [1.807, 2.05) is 37.3 Å². The molecule has 28 heavy (non-hydrogen) atoms. The van der Waals surface area contributed by atoms with Crippen LogP contribution >= 0.6 is 0 Å². The van der Waals surface area contributed by atoms with Crippen molar-refractivity contribution in [3.05, 3.63) is 66.4 Å². The van der Waals surface area contributed by atoms with Crippen LogP contribution in [-0.4, -0.2) is 48.0 Å². The predicted molar refractivity (Wildman–Crippen MR) is 110 cm³/mol. The molecule has 7 nitrogen and oxygen atoms in total. The second kappa shape index (κ2) is 9.03. The quantitative estimate of drug-likeness (QED) is 0.783. The molecule has 1 aromatic heterocycles. The molecule has 2 N–H and O–H groups in total. The fourth-order valence-corrected chi connectivity index (χ4v) is 3.01. The monoisotopic (exact) mass is 379 g/mol. The first-order valence-electron chi connectivity index (χ1n) is 9.28. The van der Waals surface area contributed by atoms with Gasteiger partial charge < -0.3 is 15.1 Å². The number of aromatic nitrogens is 1. The molecule has 0 saturated carbocycles. The predicted octanol–water partition coefficient (Wildman–Crippen LogP) is 2.55. The van der Waals surface area contributed by atoms with Crippen LogP contribution in [-0.2, 0) is 11.3 Å². The number of pyridine rings is 1. The summed E-state index contributed by atoms with van der Waals surface area (Å²) in [5.74, 6) is 0.458. The van der Waals surface area contributed by atoms with E-state index in [0.29, 0.717) is 25.5 Å². The molecule has 1 aliphatic heterocycles. The van der Waals surface area contributed by atoms with Gasteiger partial charge in [0.15, 0.2) is 0 Å². The molecule has 1 aromatic carbocycles. The molecular formula is C21H25N5O2. The number of amides is 3. The minimum atomic E-state index is -0.294. The molecule has 2 heterocycles. The highest BCUT2D eigenvalue weighted by Gasteiger charge is 2.19. The zero-order valence-corrected chi connectivity index (χ0v) is 16.0. The molecule has 0 aliphatic carbocycles. The zero-order valence-electron chi connectivity index (χ0n) is 16.0. The van der Waals surface area contributed by atoms with E-state index in [1.165, 1.54) is 11.6 Å². The van der Waals surface area contributed by atoms with E-state index in [0.717, 1.165) is 24.3 Å². The number of hydrogen-bond donors (Lipinski definition) is 2. The summed E-state index contributed by atoms with van der Waals surface area (Å²) in [6, 6.07) is 11.4. The average molecular weight is 379 g/mol. The van der Waals surface area contributed by atoms with Crippen LogP contribution in [0.2, 0.25) is 0 Å². The molecule has 0 unspecified atom stereocenters. The van der Waals surface area contributed by atoms with Gasteiger partial charge in [-0.2, -0.15) is 0 Å². The van der Waals surface area contributed by atoms with E-state index in [4.69, 9.17) is 0 Å². The third kappa shape index (κ3) is 5.09. The van der Waals surface area contributed by atoms with Crippen LogP contribution in [0.1, 0.15) is 11.1 Å². The van der Waals surface area contributed by atoms with Crippen LogP contribution in [0.25, 0.3) is 0 Å². The van der Waals surface area contributed by atoms with Crippen molar-refractivity contribution in [2.24, 2.45) is 0 Å². The Bertz CT molecular complexity index is 825. The first-order valence-corrected chi connectivity index (χ1v) is 9.28. The minimum absolute atomic E-state index is 0.0334. The number of piperazine rings is 1. The summed E-state index contributed by atoms with van der Waals surface area (Å²) in [5, 5.41) is 5.56. The van der Waals surface area contributed by atoms with E-state index in [1.54, 1.807) is 17.2 Å². The van der Waals surface area contributed by atoms with Crippen molar-refractivity contribution >= 4 is 23.4 Å². The van der Waals surface area contributed by atoms with E-state index in [9.17, 15) is 9.59 Å². The van der Waals surface area contributed by atoms with Gasteiger partial charge in [-0.05, 0) is 30.7 Å². The summed E-state index contributed by atoms with van der Waals surface area (Å²) >= 11 is 0.